The van der Waals surface area contributed by atoms with Crippen LogP contribution >= 0.6 is 0 Å². The second-order valence-corrected chi connectivity index (χ2v) is 12.7. The second kappa shape index (κ2) is 15.9. The lowest BCUT2D eigenvalue weighted by Crippen LogP contribution is -2.53. The molecule has 0 saturated heterocycles. The minimum Gasteiger partial charge on any atom is -0.495 e. The summed E-state index contributed by atoms with van der Waals surface area (Å²) in [6, 6.07) is 31.0. The van der Waals surface area contributed by atoms with E-state index in [0.717, 1.165) is 33.8 Å². The third-order valence-corrected chi connectivity index (χ3v) is 9.27. The Labute approximate surface area is 266 Å². The SMILES string of the molecule is CCCCNC(=O)[C@H](Cc1ccccc1)N(Cc1cccc(C)c1)C(=O)CN(c1ccccc1OC)S(=O)(=O)c1ccccc1. The lowest BCUT2D eigenvalue weighted by Gasteiger charge is -2.34. The maximum atomic E-state index is 14.6. The molecule has 0 radical (unpaired) electrons. The molecule has 0 bridgehead atoms. The number of sulfonamides is 1. The van der Waals surface area contributed by atoms with Gasteiger partial charge in [-0.1, -0.05) is 104 Å². The maximum absolute atomic E-state index is 14.6. The van der Waals surface area contributed by atoms with Gasteiger partial charge < -0.3 is 15.0 Å². The quantitative estimate of drug-likeness (QED) is 0.169. The summed E-state index contributed by atoms with van der Waals surface area (Å²) in [6.07, 6.45) is 1.96. The molecule has 0 aromatic heterocycles. The Morgan fingerprint density at radius 2 is 1.49 bits per heavy atom. The zero-order valence-corrected chi connectivity index (χ0v) is 26.9. The Bertz CT molecular complexity index is 1660. The molecule has 236 valence electrons. The molecule has 1 atom stereocenters. The molecule has 0 spiro atoms. The van der Waals surface area contributed by atoms with Crippen LogP contribution in [0.1, 0.15) is 36.5 Å². The van der Waals surface area contributed by atoms with E-state index in [1.165, 1.54) is 24.1 Å². The summed E-state index contributed by atoms with van der Waals surface area (Å²) in [5.74, 6) is -0.510. The van der Waals surface area contributed by atoms with Gasteiger partial charge >= 0.3 is 0 Å². The Morgan fingerprint density at radius 1 is 0.844 bits per heavy atom. The Balaban J connectivity index is 1.81. The van der Waals surface area contributed by atoms with E-state index in [2.05, 4.69) is 5.32 Å². The van der Waals surface area contributed by atoms with Gasteiger partial charge in [0.05, 0.1) is 17.7 Å². The van der Waals surface area contributed by atoms with Crippen LogP contribution in [-0.2, 0) is 32.6 Å². The molecular formula is C36H41N3O5S. The fourth-order valence-corrected chi connectivity index (χ4v) is 6.58. The number of aryl methyl sites for hydroxylation is 1. The van der Waals surface area contributed by atoms with Crippen molar-refractivity contribution in [2.75, 3.05) is 24.5 Å². The molecule has 9 heteroatoms. The van der Waals surface area contributed by atoms with E-state index in [1.807, 2.05) is 68.4 Å². The van der Waals surface area contributed by atoms with Gasteiger partial charge in [-0.3, -0.25) is 13.9 Å². The van der Waals surface area contributed by atoms with Crippen LogP contribution in [0.2, 0.25) is 0 Å². The van der Waals surface area contributed by atoms with Crippen molar-refractivity contribution in [1.29, 1.82) is 0 Å². The zero-order chi connectivity index (χ0) is 32.2. The van der Waals surface area contributed by atoms with Crippen molar-refractivity contribution in [2.45, 2.75) is 50.6 Å². The van der Waals surface area contributed by atoms with E-state index in [0.29, 0.717) is 12.3 Å². The van der Waals surface area contributed by atoms with Crippen LogP contribution in [0, 0.1) is 6.92 Å². The summed E-state index contributed by atoms with van der Waals surface area (Å²) in [7, 11) is -2.76. The molecule has 0 aliphatic carbocycles. The van der Waals surface area contributed by atoms with Crippen molar-refractivity contribution in [1.82, 2.24) is 10.2 Å². The molecule has 4 aromatic rings. The minimum atomic E-state index is -4.21. The predicted octanol–water partition coefficient (Wildman–Crippen LogP) is 5.76. The van der Waals surface area contributed by atoms with Gasteiger partial charge in [-0.25, -0.2) is 8.42 Å². The summed E-state index contributed by atoms with van der Waals surface area (Å²) in [6.45, 7) is 4.05. The van der Waals surface area contributed by atoms with Crippen molar-refractivity contribution in [3.05, 3.63) is 126 Å². The Morgan fingerprint density at radius 3 is 2.16 bits per heavy atom. The monoisotopic (exact) mass is 627 g/mol. The van der Waals surface area contributed by atoms with Gasteiger partial charge in [-0.05, 0) is 48.7 Å². The first-order valence-electron chi connectivity index (χ1n) is 15.1. The average molecular weight is 628 g/mol. The zero-order valence-electron chi connectivity index (χ0n) is 26.1. The van der Waals surface area contributed by atoms with E-state index in [9.17, 15) is 18.0 Å². The van der Waals surface area contributed by atoms with E-state index in [4.69, 9.17) is 4.74 Å². The number of ether oxygens (including phenoxy) is 1. The topological polar surface area (TPSA) is 96.0 Å². The summed E-state index contributed by atoms with van der Waals surface area (Å²) < 4.78 is 34.9. The van der Waals surface area contributed by atoms with Crippen molar-refractivity contribution in [2.24, 2.45) is 0 Å². The number of unbranched alkanes of at least 4 members (excludes halogenated alkanes) is 1. The highest BCUT2D eigenvalue weighted by Crippen LogP contribution is 2.32. The van der Waals surface area contributed by atoms with Crippen LogP contribution in [0.4, 0.5) is 5.69 Å². The van der Waals surface area contributed by atoms with Gasteiger partial charge in [0.2, 0.25) is 11.8 Å². The molecule has 4 aromatic carbocycles. The van der Waals surface area contributed by atoms with E-state index in [1.54, 1.807) is 42.5 Å². The van der Waals surface area contributed by atoms with Crippen LogP contribution < -0.4 is 14.4 Å². The number of anilines is 1. The van der Waals surface area contributed by atoms with Crippen molar-refractivity contribution >= 4 is 27.5 Å². The molecule has 0 unspecified atom stereocenters. The molecule has 0 aliphatic rings. The van der Waals surface area contributed by atoms with Crippen LogP contribution in [0.25, 0.3) is 0 Å². The standard InChI is InChI=1S/C36H41N3O5S/c1-4-5-23-37-36(41)33(25-29-16-8-6-9-17-29)38(26-30-18-14-15-28(2)24-30)35(40)27-39(32-21-12-13-22-34(32)44-3)45(42,43)31-19-10-7-11-20-31/h6-22,24,33H,4-5,23,25-27H2,1-3H3,(H,37,41)/t33-/m0/s1. The molecule has 0 saturated carbocycles. The summed E-state index contributed by atoms with van der Waals surface area (Å²) in [5.41, 5.74) is 2.94. The smallest absolute Gasteiger partial charge is 0.264 e. The number of carbonyl (C=O) groups is 2. The number of carbonyl (C=O) groups excluding carboxylic acids is 2. The molecule has 2 amide bonds. The summed E-state index contributed by atoms with van der Waals surface area (Å²) >= 11 is 0. The lowest BCUT2D eigenvalue weighted by atomic mass is 10.0. The number of nitrogens with zero attached hydrogens (tertiary/aromatic N) is 2. The molecular weight excluding hydrogens is 586 g/mol. The molecule has 1 N–H and O–H groups in total. The molecule has 0 heterocycles. The number of hydrogen-bond donors (Lipinski definition) is 1. The number of benzene rings is 4. The minimum absolute atomic E-state index is 0.0343. The summed E-state index contributed by atoms with van der Waals surface area (Å²) in [5, 5.41) is 3.01. The normalized spacial score (nSPS) is 11.8. The van der Waals surface area contributed by atoms with Gasteiger partial charge in [0.25, 0.3) is 10.0 Å². The van der Waals surface area contributed by atoms with Crippen LogP contribution in [0.5, 0.6) is 5.75 Å². The first-order valence-corrected chi connectivity index (χ1v) is 16.6. The molecule has 8 nitrogen and oxygen atoms in total. The van der Waals surface area contributed by atoms with Gasteiger partial charge in [-0.15, -0.1) is 0 Å². The van der Waals surface area contributed by atoms with Crippen molar-refractivity contribution < 1.29 is 22.7 Å². The second-order valence-electron chi connectivity index (χ2n) is 10.9. The first-order chi connectivity index (χ1) is 21.7. The number of hydrogen-bond acceptors (Lipinski definition) is 5. The number of amides is 2. The number of rotatable bonds is 15. The third kappa shape index (κ3) is 8.73. The fourth-order valence-electron chi connectivity index (χ4n) is 5.14. The average Bonchev–Trinajstić information content (AvgIpc) is 3.06. The summed E-state index contributed by atoms with van der Waals surface area (Å²) in [4.78, 5) is 29.9. The lowest BCUT2D eigenvalue weighted by molar-refractivity contribution is -0.140. The Hall–Kier alpha value is -4.63. The van der Waals surface area contributed by atoms with Crippen LogP contribution in [-0.4, -0.2) is 51.4 Å². The van der Waals surface area contributed by atoms with E-state index < -0.39 is 28.5 Å². The van der Waals surface area contributed by atoms with E-state index >= 15 is 0 Å². The van der Waals surface area contributed by atoms with Gasteiger partial charge in [0.15, 0.2) is 0 Å². The molecule has 45 heavy (non-hydrogen) atoms. The predicted molar refractivity (Wildman–Crippen MR) is 178 cm³/mol. The van der Waals surface area contributed by atoms with Gasteiger partial charge in [0.1, 0.15) is 18.3 Å². The number of para-hydroxylation sites is 2. The highest BCUT2D eigenvalue weighted by Gasteiger charge is 2.35. The van der Waals surface area contributed by atoms with Crippen LogP contribution in [0.3, 0.4) is 0 Å². The fraction of sp³-hybridized carbons (Fsp3) is 0.278. The largest absolute Gasteiger partial charge is 0.495 e. The van der Waals surface area contributed by atoms with Crippen molar-refractivity contribution in [3.8, 4) is 5.75 Å². The maximum Gasteiger partial charge on any atom is 0.264 e. The van der Waals surface area contributed by atoms with Gasteiger partial charge in [0, 0.05) is 19.5 Å². The first kappa shape index (κ1) is 33.3. The van der Waals surface area contributed by atoms with Crippen LogP contribution in [0.15, 0.2) is 114 Å². The molecule has 0 fully saturated rings. The highest BCUT2D eigenvalue weighted by atomic mass is 32.2. The number of nitrogens with one attached hydrogen (secondary N) is 1. The molecule has 0 aliphatic heterocycles. The molecule has 4 rings (SSSR count). The Kier molecular flexibility index (Phi) is 11.8. The van der Waals surface area contributed by atoms with E-state index in [-0.39, 0.29) is 29.5 Å². The highest BCUT2D eigenvalue weighted by molar-refractivity contribution is 7.92. The number of methoxy groups -OCH3 is 1. The third-order valence-electron chi connectivity index (χ3n) is 7.50. The van der Waals surface area contributed by atoms with Crippen molar-refractivity contribution in [3.63, 3.8) is 0 Å². The van der Waals surface area contributed by atoms with Gasteiger partial charge in [-0.2, -0.15) is 0 Å².